The highest BCUT2D eigenvalue weighted by molar-refractivity contribution is 5.20. The molecule has 1 aromatic heterocycles. The first kappa shape index (κ1) is 10.2. The molecule has 0 aliphatic carbocycles. The number of rotatable bonds is 2. The minimum Gasteiger partial charge on any atom is -0.367 e. The number of H-pyrrole nitrogens is 1. The summed E-state index contributed by atoms with van der Waals surface area (Å²) in [6.07, 6.45) is 1.36. The van der Waals surface area contributed by atoms with E-state index in [1.807, 2.05) is 6.07 Å². The lowest BCUT2D eigenvalue weighted by Gasteiger charge is -2.06. The van der Waals surface area contributed by atoms with Crippen LogP contribution < -0.4 is 16.1 Å². The van der Waals surface area contributed by atoms with Gasteiger partial charge in [0.2, 0.25) is 0 Å². The predicted octanol–water partition coefficient (Wildman–Crippen LogP) is 0.687. The zero-order valence-electron chi connectivity index (χ0n) is 8.64. The molecule has 82 valence electrons. The molecule has 0 unspecified atom stereocenters. The Bertz CT molecular complexity index is 599. The van der Waals surface area contributed by atoms with Gasteiger partial charge in [-0.25, -0.2) is 4.79 Å². The lowest BCUT2D eigenvalue weighted by Crippen LogP contribution is -2.38. The van der Waals surface area contributed by atoms with Gasteiger partial charge in [0, 0.05) is 11.8 Å². The van der Waals surface area contributed by atoms with Crippen molar-refractivity contribution in [2.24, 2.45) is 0 Å². The molecule has 2 aromatic rings. The molecule has 0 spiro atoms. The Hall–Kier alpha value is -2.30. The molecule has 1 aromatic carbocycles. The standard InChI is InChI=1S/C11H10N2O3/c1-8-7-12-11(15)13(10(8)14)16-9-5-3-2-4-6-9/h2-7H,1H3,(H,12,15). The number of aromatic nitrogens is 2. The minimum atomic E-state index is -0.598. The SMILES string of the molecule is Cc1c[nH]c(=O)n(Oc2ccccc2)c1=O. The number of hydrogen-bond donors (Lipinski definition) is 1. The first-order chi connectivity index (χ1) is 7.68. The average Bonchev–Trinajstić information content (AvgIpc) is 2.31. The quantitative estimate of drug-likeness (QED) is 0.806. The second-order valence-electron chi connectivity index (χ2n) is 3.28. The van der Waals surface area contributed by atoms with Gasteiger partial charge in [0.15, 0.2) is 5.75 Å². The van der Waals surface area contributed by atoms with E-state index in [1.165, 1.54) is 6.20 Å². The van der Waals surface area contributed by atoms with Gasteiger partial charge in [0.05, 0.1) is 0 Å². The summed E-state index contributed by atoms with van der Waals surface area (Å²) in [7, 11) is 0. The van der Waals surface area contributed by atoms with Crippen molar-refractivity contribution in [3.8, 4) is 5.75 Å². The maximum atomic E-state index is 11.6. The highest BCUT2D eigenvalue weighted by Gasteiger charge is 2.05. The summed E-state index contributed by atoms with van der Waals surface area (Å²) >= 11 is 0. The fraction of sp³-hybridized carbons (Fsp3) is 0.0909. The molecular weight excluding hydrogens is 208 g/mol. The van der Waals surface area contributed by atoms with Gasteiger partial charge in [-0.3, -0.25) is 4.79 Å². The van der Waals surface area contributed by atoms with Gasteiger partial charge in [-0.15, -0.1) is 0 Å². The maximum Gasteiger partial charge on any atom is 0.362 e. The van der Waals surface area contributed by atoms with Crippen molar-refractivity contribution in [2.45, 2.75) is 6.92 Å². The molecule has 0 saturated heterocycles. The largest absolute Gasteiger partial charge is 0.367 e. The molecular formula is C11H10N2O3. The van der Waals surface area contributed by atoms with Crippen LogP contribution in [0.1, 0.15) is 5.56 Å². The number of nitrogens with zero attached hydrogens (tertiary/aromatic N) is 1. The topological polar surface area (TPSA) is 64.1 Å². The van der Waals surface area contributed by atoms with Gasteiger partial charge in [0.25, 0.3) is 5.56 Å². The molecule has 0 amide bonds. The van der Waals surface area contributed by atoms with E-state index in [9.17, 15) is 9.59 Å². The van der Waals surface area contributed by atoms with E-state index in [0.717, 1.165) is 0 Å². The van der Waals surface area contributed by atoms with Crippen LogP contribution in [0.3, 0.4) is 0 Å². The van der Waals surface area contributed by atoms with Crippen LogP contribution >= 0.6 is 0 Å². The van der Waals surface area contributed by atoms with Crippen LogP contribution in [-0.2, 0) is 0 Å². The van der Waals surface area contributed by atoms with Gasteiger partial charge >= 0.3 is 5.69 Å². The molecule has 16 heavy (non-hydrogen) atoms. The maximum absolute atomic E-state index is 11.6. The van der Waals surface area contributed by atoms with Crippen molar-refractivity contribution >= 4 is 0 Å². The molecule has 0 aliphatic rings. The number of benzene rings is 1. The Balaban J connectivity index is 2.47. The van der Waals surface area contributed by atoms with Gasteiger partial charge in [-0.05, 0) is 19.1 Å². The van der Waals surface area contributed by atoms with E-state index in [1.54, 1.807) is 31.2 Å². The molecule has 5 heteroatoms. The fourth-order valence-corrected chi connectivity index (χ4v) is 1.21. The lowest BCUT2D eigenvalue weighted by molar-refractivity contribution is 0.189. The molecule has 0 atom stereocenters. The molecule has 2 rings (SSSR count). The number of nitrogens with one attached hydrogen (secondary N) is 1. The Morgan fingerprint density at radius 2 is 1.88 bits per heavy atom. The smallest absolute Gasteiger partial charge is 0.362 e. The van der Waals surface area contributed by atoms with Crippen molar-refractivity contribution in [3.63, 3.8) is 0 Å². The summed E-state index contributed by atoms with van der Waals surface area (Å²) < 4.78 is 0.699. The van der Waals surface area contributed by atoms with Crippen LogP contribution in [-0.4, -0.2) is 9.71 Å². The number of para-hydroxylation sites is 1. The Morgan fingerprint density at radius 3 is 2.56 bits per heavy atom. The van der Waals surface area contributed by atoms with E-state index in [-0.39, 0.29) is 0 Å². The van der Waals surface area contributed by atoms with Crippen LogP contribution in [0.5, 0.6) is 5.75 Å². The molecule has 5 nitrogen and oxygen atoms in total. The van der Waals surface area contributed by atoms with Crippen molar-refractivity contribution < 1.29 is 4.84 Å². The van der Waals surface area contributed by atoms with Crippen LogP contribution in [0.15, 0.2) is 46.1 Å². The molecule has 0 fully saturated rings. The Kier molecular flexibility index (Phi) is 2.59. The third-order valence-electron chi connectivity index (χ3n) is 2.06. The summed E-state index contributed by atoms with van der Waals surface area (Å²) in [4.78, 5) is 30.6. The highest BCUT2D eigenvalue weighted by atomic mass is 16.7. The Labute approximate surface area is 90.9 Å². The summed E-state index contributed by atoms with van der Waals surface area (Å²) in [5.74, 6) is 0.431. The zero-order chi connectivity index (χ0) is 11.5. The van der Waals surface area contributed by atoms with Crippen molar-refractivity contribution in [1.29, 1.82) is 0 Å². The summed E-state index contributed by atoms with van der Waals surface area (Å²) in [5, 5.41) is 0. The molecule has 0 saturated carbocycles. The van der Waals surface area contributed by atoms with Crippen molar-refractivity contribution in [2.75, 3.05) is 0 Å². The van der Waals surface area contributed by atoms with Gasteiger partial charge in [0.1, 0.15) is 0 Å². The van der Waals surface area contributed by atoms with Crippen molar-refractivity contribution in [1.82, 2.24) is 9.71 Å². The molecule has 1 N–H and O–H groups in total. The van der Waals surface area contributed by atoms with Crippen LogP contribution in [0, 0.1) is 6.92 Å². The van der Waals surface area contributed by atoms with E-state index in [4.69, 9.17) is 4.84 Å². The summed E-state index contributed by atoms with van der Waals surface area (Å²) in [6, 6.07) is 8.65. The molecule has 0 bridgehead atoms. The van der Waals surface area contributed by atoms with Crippen LogP contribution in [0.2, 0.25) is 0 Å². The predicted molar refractivity (Wildman–Crippen MR) is 58.5 cm³/mol. The molecule has 0 radical (unpaired) electrons. The first-order valence-corrected chi connectivity index (χ1v) is 4.73. The number of hydrogen-bond acceptors (Lipinski definition) is 3. The molecule has 1 heterocycles. The normalized spacial score (nSPS) is 10.1. The minimum absolute atomic E-state index is 0.413. The number of aromatic amines is 1. The van der Waals surface area contributed by atoms with Gasteiger partial charge in [-0.2, -0.15) is 0 Å². The number of aryl methyl sites for hydroxylation is 1. The fourth-order valence-electron chi connectivity index (χ4n) is 1.21. The van der Waals surface area contributed by atoms with E-state index in [2.05, 4.69) is 4.98 Å². The van der Waals surface area contributed by atoms with Crippen LogP contribution in [0.25, 0.3) is 0 Å². The van der Waals surface area contributed by atoms with Crippen molar-refractivity contribution in [3.05, 3.63) is 62.9 Å². The van der Waals surface area contributed by atoms with E-state index in [0.29, 0.717) is 16.0 Å². The van der Waals surface area contributed by atoms with E-state index < -0.39 is 11.2 Å². The Morgan fingerprint density at radius 1 is 1.19 bits per heavy atom. The summed E-state index contributed by atoms with van der Waals surface area (Å²) in [5.41, 5.74) is -0.650. The second-order valence-corrected chi connectivity index (χ2v) is 3.28. The monoisotopic (exact) mass is 218 g/mol. The summed E-state index contributed by atoms with van der Waals surface area (Å²) in [6.45, 7) is 1.60. The zero-order valence-corrected chi connectivity index (χ0v) is 8.64. The van der Waals surface area contributed by atoms with E-state index >= 15 is 0 Å². The van der Waals surface area contributed by atoms with Gasteiger partial charge in [-0.1, -0.05) is 22.9 Å². The third kappa shape index (κ3) is 1.88. The first-order valence-electron chi connectivity index (χ1n) is 4.73. The lowest BCUT2D eigenvalue weighted by atomic mass is 10.3. The third-order valence-corrected chi connectivity index (χ3v) is 2.06. The molecule has 0 aliphatic heterocycles. The van der Waals surface area contributed by atoms with Crippen LogP contribution in [0.4, 0.5) is 0 Å². The second kappa shape index (κ2) is 4.06. The average molecular weight is 218 g/mol. The van der Waals surface area contributed by atoms with Gasteiger partial charge < -0.3 is 9.82 Å². The highest BCUT2D eigenvalue weighted by Crippen LogP contribution is 2.07.